The molecule has 0 unspecified atom stereocenters. The molecule has 4 aliphatic rings. The van der Waals surface area contributed by atoms with Gasteiger partial charge < -0.3 is 5.32 Å². The lowest BCUT2D eigenvalue weighted by Gasteiger charge is -2.57. The van der Waals surface area contributed by atoms with E-state index in [1.54, 1.807) is 6.07 Å². The molecule has 4 bridgehead atoms. The lowest BCUT2D eigenvalue weighted by atomic mass is 9.49. The van der Waals surface area contributed by atoms with Gasteiger partial charge in [0.1, 0.15) is 5.69 Å². The highest BCUT2D eigenvalue weighted by atomic mass is 16.2. The molecule has 142 valence electrons. The van der Waals surface area contributed by atoms with Gasteiger partial charge in [0.15, 0.2) is 0 Å². The zero-order chi connectivity index (χ0) is 18.1. The van der Waals surface area contributed by atoms with Crippen molar-refractivity contribution < 1.29 is 4.79 Å². The fourth-order valence-corrected chi connectivity index (χ4v) is 6.17. The maximum Gasteiger partial charge on any atom is 0.271 e. The molecule has 0 radical (unpaired) electrons. The number of amides is 1. The van der Waals surface area contributed by atoms with Crippen molar-refractivity contribution in [2.45, 2.75) is 71.3 Å². The molecule has 0 spiro atoms. The fraction of sp³-hybridized carbons (Fsp3) is 0.762. The first-order chi connectivity index (χ1) is 12.6. The van der Waals surface area contributed by atoms with E-state index >= 15 is 0 Å². The molecular formula is C21H31N3O2. The van der Waals surface area contributed by atoms with Crippen molar-refractivity contribution in [2.75, 3.05) is 6.54 Å². The van der Waals surface area contributed by atoms with E-state index in [4.69, 9.17) is 0 Å². The molecule has 1 heterocycles. The van der Waals surface area contributed by atoms with Crippen LogP contribution in [0.3, 0.4) is 0 Å². The Morgan fingerprint density at radius 3 is 2.46 bits per heavy atom. The van der Waals surface area contributed by atoms with E-state index < -0.39 is 0 Å². The number of unbranched alkanes of at least 4 members (excludes halogenated alkanes) is 1. The van der Waals surface area contributed by atoms with E-state index in [1.165, 1.54) is 49.3 Å². The Morgan fingerprint density at radius 2 is 1.85 bits per heavy atom. The predicted octanol–water partition coefficient (Wildman–Crippen LogP) is 3.38. The minimum atomic E-state index is -0.153. The molecule has 0 atom stereocenters. The van der Waals surface area contributed by atoms with Gasteiger partial charge in [-0.25, -0.2) is 4.68 Å². The van der Waals surface area contributed by atoms with E-state index in [-0.39, 0.29) is 11.5 Å². The minimum absolute atomic E-state index is 0.136. The van der Waals surface area contributed by atoms with Gasteiger partial charge in [0.05, 0.1) is 0 Å². The summed E-state index contributed by atoms with van der Waals surface area (Å²) >= 11 is 0. The highest BCUT2D eigenvalue weighted by Crippen LogP contribution is 2.61. The summed E-state index contributed by atoms with van der Waals surface area (Å²) in [5, 5.41) is 7.31. The zero-order valence-corrected chi connectivity index (χ0v) is 15.9. The van der Waals surface area contributed by atoms with Crippen LogP contribution in [0.5, 0.6) is 0 Å². The molecule has 5 heteroatoms. The second kappa shape index (κ2) is 7.16. The van der Waals surface area contributed by atoms with Crippen molar-refractivity contribution >= 4 is 5.91 Å². The molecule has 1 aromatic heterocycles. The summed E-state index contributed by atoms with van der Waals surface area (Å²) in [7, 11) is 0. The van der Waals surface area contributed by atoms with E-state index in [0.717, 1.165) is 43.6 Å². The quantitative estimate of drug-likeness (QED) is 0.814. The monoisotopic (exact) mass is 357 g/mol. The largest absolute Gasteiger partial charge is 0.351 e. The fourth-order valence-electron chi connectivity index (χ4n) is 6.17. The Morgan fingerprint density at radius 1 is 1.19 bits per heavy atom. The molecule has 0 aliphatic heterocycles. The Balaban J connectivity index is 1.34. The van der Waals surface area contributed by atoms with E-state index in [9.17, 15) is 9.59 Å². The Hall–Kier alpha value is -1.65. The summed E-state index contributed by atoms with van der Waals surface area (Å²) in [6.45, 7) is 3.37. The first kappa shape index (κ1) is 17.7. The van der Waals surface area contributed by atoms with Crippen molar-refractivity contribution in [1.29, 1.82) is 0 Å². The van der Waals surface area contributed by atoms with Crippen LogP contribution in [0, 0.1) is 23.2 Å². The molecule has 1 aromatic rings. The van der Waals surface area contributed by atoms with Crippen LogP contribution in [-0.4, -0.2) is 22.2 Å². The van der Waals surface area contributed by atoms with Crippen LogP contribution in [0.1, 0.15) is 75.2 Å². The summed E-state index contributed by atoms with van der Waals surface area (Å²) in [6, 6.07) is 3.00. The van der Waals surface area contributed by atoms with Crippen LogP contribution in [0.2, 0.25) is 0 Å². The Bertz CT molecular complexity index is 689. The number of rotatable bonds is 7. The van der Waals surface area contributed by atoms with Gasteiger partial charge in [0.2, 0.25) is 0 Å². The van der Waals surface area contributed by atoms with Crippen molar-refractivity contribution in [3.05, 3.63) is 28.2 Å². The van der Waals surface area contributed by atoms with Crippen LogP contribution in [0.25, 0.3) is 0 Å². The summed E-state index contributed by atoms with van der Waals surface area (Å²) in [5.41, 5.74) is 0.699. The number of carbonyl (C=O) groups excluding carboxylic acids is 1. The molecule has 0 saturated heterocycles. The highest BCUT2D eigenvalue weighted by Gasteiger charge is 2.50. The molecule has 4 fully saturated rings. The molecular weight excluding hydrogens is 326 g/mol. The summed E-state index contributed by atoms with van der Waals surface area (Å²) in [6.07, 6.45) is 11.5. The second-order valence-electron chi connectivity index (χ2n) is 9.06. The van der Waals surface area contributed by atoms with Crippen LogP contribution in [0.15, 0.2) is 16.9 Å². The number of carbonyl (C=O) groups is 1. The van der Waals surface area contributed by atoms with Crippen LogP contribution in [-0.2, 0) is 6.54 Å². The number of aromatic nitrogens is 2. The minimum Gasteiger partial charge on any atom is -0.351 e. The number of hydrogen-bond donors (Lipinski definition) is 1. The van der Waals surface area contributed by atoms with Gasteiger partial charge in [-0.1, -0.05) is 13.3 Å². The lowest BCUT2D eigenvalue weighted by molar-refractivity contribution is -0.0564. The summed E-state index contributed by atoms with van der Waals surface area (Å²) < 4.78 is 1.41. The van der Waals surface area contributed by atoms with Crippen molar-refractivity contribution in [3.63, 3.8) is 0 Å². The van der Waals surface area contributed by atoms with E-state index in [1.807, 2.05) is 0 Å². The third kappa shape index (κ3) is 3.58. The Kier molecular flexibility index (Phi) is 4.89. The molecule has 5 nitrogen and oxygen atoms in total. The lowest BCUT2D eigenvalue weighted by Crippen LogP contribution is -2.47. The molecule has 5 rings (SSSR count). The summed E-state index contributed by atoms with van der Waals surface area (Å²) in [5.74, 6) is 2.68. The van der Waals surface area contributed by atoms with Gasteiger partial charge in [-0.15, -0.1) is 0 Å². The van der Waals surface area contributed by atoms with Crippen molar-refractivity contribution in [3.8, 4) is 0 Å². The first-order valence-electron chi connectivity index (χ1n) is 10.4. The van der Waals surface area contributed by atoms with Gasteiger partial charge >= 0.3 is 0 Å². The van der Waals surface area contributed by atoms with Crippen molar-refractivity contribution in [2.24, 2.45) is 23.2 Å². The first-order valence-corrected chi connectivity index (χ1v) is 10.4. The number of nitrogens with zero attached hydrogens (tertiary/aromatic N) is 2. The number of nitrogens with one attached hydrogen (secondary N) is 1. The topological polar surface area (TPSA) is 64.0 Å². The third-order valence-corrected chi connectivity index (χ3v) is 6.93. The van der Waals surface area contributed by atoms with Gasteiger partial charge in [-0.05, 0) is 80.6 Å². The van der Waals surface area contributed by atoms with Crippen LogP contribution < -0.4 is 10.9 Å². The van der Waals surface area contributed by atoms with Gasteiger partial charge in [-0.2, -0.15) is 5.10 Å². The summed E-state index contributed by atoms with van der Waals surface area (Å²) in [4.78, 5) is 24.3. The van der Waals surface area contributed by atoms with Crippen LogP contribution in [0.4, 0.5) is 0 Å². The molecule has 1 amide bonds. The van der Waals surface area contributed by atoms with E-state index in [0.29, 0.717) is 17.7 Å². The van der Waals surface area contributed by atoms with Gasteiger partial charge in [0, 0.05) is 19.2 Å². The number of aryl methyl sites for hydroxylation is 1. The van der Waals surface area contributed by atoms with E-state index in [2.05, 4.69) is 17.3 Å². The van der Waals surface area contributed by atoms with Crippen molar-refractivity contribution in [1.82, 2.24) is 15.1 Å². The second-order valence-corrected chi connectivity index (χ2v) is 9.06. The number of hydrogen-bond acceptors (Lipinski definition) is 3. The molecule has 4 aliphatic carbocycles. The van der Waals surface area contributed by atoms with Crippen LogP contribution >= 0.6 is 0 Å². The maximum atomic E-state index is 12.5. The SMILES string of the molecule is CCCCn1nc(C(=O)NCCC23CC4CC(CC(C4)C2)C3)ccc1=O. The average molecular weight is 357 g/mol. The molecule has 4 saturated carbocycles. The molecule has 26 heavy (non-hydrogen) atoms. The zero-order valence-electron chi connectivity index (χ0n) is 15.9. The predicted molar refractivity (Wildman–Crippen MR) is 101 cm³/mol. The smallest absolute Gasteiger partial charge is 0.271 e. The Labute approximate surface area is 155 Å². The molecule has 0 aromatic carbocycles. The normalized spacial score (nSPS) is 32.0. The standard InChI is InChI=1S/C21H31N3O2/c1-2-3-8-24-19(25)5-4-18(23-24)20(26)22-7-6-21-12-15-9-16(13-21)11-17(10-15)14-21/h4-5,15-17H,2-3,6-14H2,1H3,(H,22,26). The average Bonchev–Trinajstić information content (AvgIpc) is 2.59. The molecule has 1 N–H and O–H groups in total. The maximum absolute atomic E-state index is 12.5. The van der Waals surface area contributed by atoms with Gasteiger partial charge in [0.25, 0.3) is 11.5 Å². The van der Waals surface area contributed by atoms with Gasteiger partial charge in [-0.3, -0.25) is 9.59 Å². The third-order valence-electron chi connectivity index (χ3n) is 6.93. The highest BCUT2D eigenvalue weighted by molar-refractivity contribution is 5.91.